The van der Waals surface area contributed by atoms with Crippen LogP contribution >= 0.6 is 0 Å². The van der Waals surface area contributed by atoms with Gasteiger partial charge in [-0.3, -0.25) is 9.78 Å². The molecule has 2 atom stereocenters. The number of aromatic nitrogens is 3. The van der Waals surface area contributed by atoms with Crippen molar-refractivity contribution in [1.29, 1.82) is 0 Å². The number of allylic oxidation sites excluding steroid dienone is 1. The van der Waals surface area contributed by atoms with Crippen molar-refractivity contribution in [2.45, 2.75) is 43.9 Å². The summed E-state index contributed by atoms with van der Waals surface area (Å²) in [6.45, 7) is 0. The molecule has 0 radical (unpaired) electrons. The molecular formula is C19H20N4O2. The predicted molar refractivity (Wildman–Crippen MR) is 92.3 cm³/mol. The molecular weight excluding hydrogens is 316 g/mol. The van der Waals surface area contributed by atoms with Gasteiger partial charge in [0.05, 0.1) is 0 Å². The molecule has 2 unspecified atom stereocenters. The predicted octanol–water partition coefficient (Wildman–Crippen LogP) is 3.23. The average Bonchev–Trinajstić information content (AvgIpc) is 3.33. The molecule has 6 nitrogen and oxygen atoms in total. The van der Waals surface area contributed by atoms with Gasteiger partial charge in [0.1, 0.15) is 5.92 Å². The highest BCUT2D eigenvalue weighted by atomic mass is 16.5. The lowest BCUT2D eigenvalue weighted by atomic mass is 9.86. The van der Waals surface area contributed by atoms with Crippen LogP contribution in [0.2, 0.25) is 0 Å². The van der Waals surface area contributed by atoms with E-state index in [1.54, 1.807) is 18.3 Å². The van der Waals surface area contributed by atoms with Gasteiger partial charge in [0, 0.05) is 24.5 Å². The lowest BCUT2D eigenvalue weighted by molar-refractivity contribution is -0.118. The van der Waals surface area contributed by atoms with Gasteiger partial charge < -0.3 is 4.52 Å². The van der Waals surface area contributed by atoms with Gasteiger partial charge in [-0.05, 0) is 42.9 Å². The first kappa shape index (κ1) is 15.9. The summed E-state index contributed by atoms with van der Waals surface area (Å²) in [5, 5.41) is 4.08. The summed E-state index contributed by atoms with van der Waals surface area (Å²) in [6.07, 6.45) is 14.3. The number of pyridine rings is 1. The summed E-state index contributed by atoms with van der Waals surface area (Å²) in [5.74, 6) is 0.941. The maximum absolute atomic E-state index is 11.9. The van der Waals surface area contributed by atoms with Crippen LogP contribution in [0.1, 0.15) is 54.8 Å². The topological polar surface area (TPSA) is 81.2 Å². The Labute approximate surface area is 146 Å². The van der Waals surface area contributed by atoms with E-state index in [0.717, 1.165) is 12.0 Å². The quantitative estimate of drug-likeness (QED) is 0.837. The van der Waals surface area contributed by atoms with Crippen LogP contribution in [0.5, 0.6) is 0 Å². The second kappa shape index (κ2) is 7.09. The molecule has 4 rings (SSSR count). The van der Waals surface area contributed by atoms with Gasteiger partial charge in [-0.15, -0.1) is 0 Å². The van der Waals surface area contributed by atoms with Crippen molar-refractivity contribution < 1.29 is 9.32 Å². The molecule has 1 saturated carbocycles. The summed E-state index contributed by atoms with van der Waals surface area (Å²) < 4.78 is 5.59. The first-order valence-corrected chi connectivity index (χ1v) is 8.78. The summed E-state index contributed by atoms with van der Waals surface area (Å²) in [6, 6.07) is 4.03. The highest BCUT2D eigenvalue weighted by molar-refractivity contribution is 5.96. The molecule has 0 spiro atoms. The van der Waals surface area contributed by atoms with E-state index in [2.05, 4.69) is 26.2 Å². The van der Waals surface area contributed by atoms with Crippen molar-refractivity contribution in [2.24, 2.45) is 10.9 Å². The van der Waals surface area contributed by atoms with Gasteiger partial charge in [0.25, 0.3) is 5.91 Å². The summed E-state index contributed by atoms with van der Waals surface area (Å²) in [7, 11) is 0. The molecule has 0 bridgehead atoms. The second-order valence-corrected chi connectivity index (χ2v) is 6.69. The van der Waals surface area contributed by atoms with Gasteiger partial charge in [-0.25, -0.2) is 4.99 Å². The van der Waals surface area contributed by atoms with Gasteiger partial charge in [-0.2, -0.15) is 4.98 Å². The molecule has 3 heterocycles. The SMILES string of the molecule is O=C1N=CC=CC1c1noc(C(Cc2cccnc2)C2CCCC2)n1. The molecule has 2 aromatic heterocycles. The summed E-state index contributed by atoms with van der Waals surface area (Å²) >= 11 is 0. The highest BCUT2D eigenvalue weighted by Gasteiger charge is 2.32. The van der Waals surface area contributed by atoms with Crippen LogP contribution in [0.4, 0.5) is 0 Å². The minimum absolute atomic E-state index is 0.166. The summed E-state index contributed by atoms with van der Waals surface area (Å²) in [4.78, 5) is 24.5. The molecule has 1 aliphatic heterocycles. The molecule has 1 aliphatic carbocycles. The van der Waals surface area contributed by atoms with Gasteiger partial charge >= 0.3 is 0 Å². The molecule has 1 fully saturated rings. The van der Waals surface area contributed by atoms with E-state index in [-0.39, 0.29) is 11.8 Å². The average molecular weight is 336 g/mol. The molecule has 128 valence electrons. The number of hydrogen-bond donors (Lipinski definition) is 0. The van der Waals surface area contributed by atoms with Crippen molar-refractivity contribution in [2.75, 3.05) is 0 Å². The van der Waals surface area contributed by atoms with Crippen molar-refractivity contribution in [3.63, 3.8) is 0 Å². The van der Waals surface area contributed by atoms with Crippen LogP contribution in [0.3, 0.4) is 0 Å². The molecule has 25 heavy (non-hydrogen) atoms. The van der Waals surface area contributed by atoms with E-state index in [9.17, 15) is 4.79 Å². The van der Waals surface area contributed by atoms with Crippen molar-refractivity contribution in [3.05, 3.63) is 54.0 Å². The number of carbonyl (C=O) groups excluding carboxylic acids is 1. The van der Waals surface area contributed by atoms with E-state index >= 15 is 0 Å². The second-order valence-electron chi connectivity index (χ2n) is 6.69. The number of aliphatic imine (C=N–C) groups is 1. The third-order valence-corrected chi connectivity index (χ3v) is 5.06. The van der Waals surface area contributed by atoms with Crippen LogP contribution < -0.4 is 0 Å². The Kier molecular flexibility index (Phi) is 4.50. The lowest BCUT2D eigenvalue weighted by Crippen LogP contribution is -2.15. The number of nitrogens with zero attached hydrogens (tertiary/aromatic N) is 4. The Balaban J connectivity index is 1.60. The minimum Gasteiger partial charge on any atom is -0.339 e. The maximum atomic E-state index is 11.9. The smallest absolute Gasteiger partial charge is 0.260 e. The van der Waals surface area contributed by atoms with Crippen LogP contribution in [0.15, 0.2) is 46.2 Å². The van der Waals surface area contributed by atoms with Gasteiger partial charge in [0.15, 0.2) is 5.82 Å². The normalized spacial score (nSPS) is 21.8. The van der Waals surface area contributed by atoms with Gasteiger partial charge in [0.2, 0.25) is 5.89 Å². The Morgan fingerprint density at radius 3 is 2.92 bits per heavy atom. The number of rotatable bonds is 5. The zero-order chi connectivity index (χ0) is 17.1. The number of hydrogen-bond acceptors (Lipinski definition) is 5. The Hall–Kier alpha value is -2.63. The fraction of sp³-hybridized carbons (Fsp3) is 0.421. The Morgan fingerprint density at radius 2 is 2.16 bits per heavy atom. The zero-order valence-corrected chi connectivity index (χ0v) is 13.9. The van der Waals surface area contributed by atoms with E-state index in [4.69, 9.17) is 4.52 Å². The minimum atomic E-state index is -0.537. The molecule has 0 saturated heterocycles. The largest absolute Gasteiger partial charge is 0.339 e. The van der Waals surface area contributed by atoms with Crippen LogP contribution in [0.25, 0.3) is 0 Å². The fourth-order valence-electron chi connectivity index (χ4n) is 3.75. The third-order valence-electron chi connectivity index (χ3n) is 5.06. The van der Waals surface area contributed by atoms with Crippen molar-refractivity contribution >= 4 is 12.1 Å². The highest BCUT2D eigenvalue weighted by Crippen LogP contribution is 2.39. The van der Waals surface area contributed by atoms with Crippen LogP contribution in [-0.4, -0.2) is 27.2 Å². The first-order chi connectivity index (χ1) is 12.3. The van der Waals surface area contributed by atoms with E-state index < -0.39 is 5.92 Å². The van der Waals surface area contributed by atoms with Crippen LogP contribution in [0, 0.1) is 5.92 Å². The Bertz CT molecular complexity index is 791. The van der Waals surface area contributed by atoms with Crippen LogP contribution in [-0.2, 0) is 11.2 Å². The molecule has 6 heteroatoms. The molecule has 0 aromatic carbocycles. The van der Waals surface area contributed by atoms with E-state index in [0.29, 0.717) is 17.6 Å². The van der Waals surface area contributed by atoms with E-state index in [1.807, 2.05) is 12.3 Å². The number of dihydropyridines is 1. The van der Waals surface area contributed by atoms with Crippen molar-refractivity contribution in [3.8, 4) is 0 Å². The molecule has 2 aliphatic rings. The molecule has 1 amide bonds. The number of carbonyl (C=O) groups is 1. The zero-order valence-electron chi connectivity index (χ0n) is 13.9. The standard InChI is InChI=1S/C19H20N4O2/c24-18-15(8-4-10-21-18)17-22-19(25-23-17)16(14-6-1-2-7-14)11-13-5-3-9-20-12-13/h3-5,8-10,12,14-16H,1-2,6-7,11H2. The maximum Gasteiger partial charge on any atom is 0.260 e. The number of amides is 1. The third kappa shape index (κ3) is 3.43. The van der Waals surface area contributed by atoms with E-state index in [1.165, 1.54) is 31.9 Å². The Morgan fingerprint density at radius 1 is 1.28 bits per heavy atom. The fourth-order valence-corrected chi connectivity index (χ4v) is 3.75. The van der Waals surface area contributed by atoms with Gasteiger partial charge in [-0.1, -0.05) is 30.1 Å². The molecule has 0 N–H and O–H groups in total. The molecule has 2 aromatic rings. The lowest BCUT2D eigenvalue weighted by Gasteiger charge is -2.19. The monoisotopic (exact) mass is 336 g/mol. The van der Waals surface area contributed by atoms with Crippen molar-refractivity contribution in [1.82, 2.24) is 15.1 Å². The summed E-state index contributed by atoms with van der Waals surface area (Å²) in [5.41, 5.74) is 1.16. The first-order valence-electron chi connectivity index (χ1n) is 8.78.